The number of rotatable bonds is 8. The molecule has 0 saturated heterocycles. The molecule has 1 N–H and O–H groups in total. The van der Waals surface area contributed by atoms with Crippen LogP contribution in [0.15, 0.2) is 81.2 Å². The Kier molecular flexibility index (Phi) is 8.92. The fourth-order valence-electron chi connectivity index (χ4n) is 2.80. The van der Waals surface area contributed by atoms with Gasteiger partial charge in [-0.05, 0) is 54.1 Å². The maximum Gasteiger partial charge on any atom is 0.255 e. The van der Waals surface area contributed by atoms with Crippen molar-refractivity contribution in [3.8, 4) is 0 Å². The summed E-state index contributed by atoms with van der Waals surface area (Å²) < 4.78 is 28.5. The Morgan fingerprint density at radius 1 is 1.00 bits per heavy atom. The number of halogens is 4. The normalized spacial score (nSPS) is 11.8. The maximum absolute atomic E-state index is 13.3. The Morgan fingerprint density at radius 2 is 1.64 bits per heavy atom. The van der Waals surface area contributed by atoms with Crippen LogP contribution in [-0.2, 0) is 21.4 Å². The zero-order valence-corrected chi connectivity index (χ0v) is 21.6. The van der Waals surface area contributed by atoms with Gasteiger partial charge < -0.3 is 0 Å². The standard InChI is InChI=1S/C22H17BrCl3N3O3S/c23-16-4-1-3-15(11-16)12-27-28-22(30)14-29(13-19-20(25)5-2-6-21(19)26)33(31,32)18-9-7-17(24)8-10-18/h1-12H,13-14H2,(H,28,30)/b27-12-. The van der Waals surface area contributed by atoms with Crippen molar-refractivity contribution in [1.82, 2.24) is 9.73 Å². The number of carbonyl (C=O) groups excluding carboxylic acids is 1. The topological polar surface area (TPSA) is 78.8 Å². The molecular formula is C22H17BrCl3N3O3S. The summed E-state index contributed by atoms with van der Waals surface area (Å²) in [7, 11) is -4.09. The molecule has 1 amide bonds. The molecule has 0 spiro atoms. The van der Waals surface area contributed by atoms with Gasteiger partial charge in [-0.25, -0.2) is 13.8 Å². The van der Waals surface area contributed by atoms with Gasteiger partial charge in [0.25, 0.3) is 5.91 Å². The SMILES string of the molecule is O=C(CN(Cc1c(Cl)cccc1Cl)S(=O)(=O)c1ccc(Cl)cc1)N/N=C\c1cccc(Br)c1. The van der Waals surface area contributed by atoms with E-state index in [0.29, 0.717) is 10.6 Å². The summed E-state index contributed by atoms with van der Waals surface area (Å²) in [4.78, 5) is 12.5. The van der Waals surface area contributed by atoms with E-state index in [4.69, 9.17) is 34.8 Å². The molecular weight excluding hydrogens is 573 g/mol. The monoisotopic (exact) mass is 587 g/mol. The van der Waals surface area contributed by atoms with E-state index >= 15 is 0 Å². The summed E-state index contributed by atoms with van der Waals surface area (Å²) in [5, 5.41) is 4.86. The highest BCUT2D eigenvalue weighted by Crippen LogP contribution is 2.28. The molecule has 0 aliphatic heterocycles. The van der Waals surface area contributed by atoms with Crippen molar-refractivity contribution in [2.24, 2.45) is 5.10 Å². The number of hydrazone groups is 1. The lowest BCUT2D eigenvalue weighted by Crippen LogP contribution is -2.39. The number of amides is 1. The summed E-state index contributed by atoms with van der Waals surface area (Å²) in [6.45, 7) is -0.728. The van der Waals surface area contributed by atoms with Gasteiger partial charge in [0.1, 0.15) is 0 Å². The molecule has 0 atom stereocenters. The van der Waals surface area contributed by atoms with Gasteiger partial charge >= 0.3 is 0 Å². The molecule has 3 rings (SSSR count). The molecule has 0 fully saturated rings. The number of benzene rings is 3. The third-order valence-electron chi connectivity index (χ3n) is 4.42. The summed E-state index contributed by atoms with van der Waals surface area (Å²) in [6, 6.07) is 17.8. The summed E-state index contributed by atoms with van der Waals surface area (Å²) in [5.74, 6) is -0.637. The first-order chi connectivity index (χ1) is 15.7. The molecule has 0 heterocycles. The highest BCUT2D eigenvalue weighted by Gasteiger charge is 2.28. The lowest BCUT2D eigenvalue weighted by atomic mass is 10.2. The molecule has 0 aliphatic carbocycles. The van der Waals surface area contributed by atoms with Crippen LogP contribution in [-0.4, -0.2) is 31.4 Å². The quantitative estimate of drug-likeness (QED) is 0.269. The molecule has 3 aromatic rings. The van der Waals surface area contributed by atoms with Crippen LogP contribution in [0.3, 0.4) is 0 Å². The lowest BCUT2D eigenvalue weighted by molar-refractivity contribution is -0.121. The van der Waals surface area contributed by atoms with Crippen molar-refractivity contribution < 1.29 is 13.2 Å². The average molecular weight is 590 g/mol. The fraction of sp³-hybridized carbons (Fsp3) is 0.0909. The van der Waals surface area contributed by atoms with E-state index in [-0.39, 0.29) is 21.5 Å². The summed E-state index contributed by atoms with van der Waals surface area (Å²) in [5.41, 5.74) is 3.48. The van der Waals surface area contributed by atoms with Crippen LogP contribution in [0.5, 0.6) is 0 Å². The highest BCUT2D eigenvalue weighted by atomic mass is 79.9. The van der Waals surface area contributed by atoms with Crippen LogP contribution in [0.25, 0.3) is 0 Å². The molecule has 6 nitrogen and oxygen atoms in total. The lowest BCUT2D eigenvalue weighted by Gasteiger charge is -2.22. The van der Waals surface area contributed by atoms with Crippen molar-refractivity contribution in [2.75, 3.05) is 6.54 Å². The Bertz CT molecular complexity index is 1270. The van der Waals surface area contributed by atoms with Crippen molar-refractivity contribution in [1.29, 1.82) is 0 Å². The second kappa shape index (κ2) is 11.5. The zero-order chi connectivity index (χ0) is 24.0. The van der Waals surface area contributed by atoms with E-state index in [9.17, 15) is 13.2 Å². The van der Waals surface area contributed by atoms with E-state index in [1.807, 2.05) is 18.2 Å². The third kappa shape index (κ3) is 7.02. The predicted molar refractivity (Wildman–Crippen MR) is 135 cm³/mol. The smallest absolute Gasteiger partial charge is 0.255 e. The molecule has 3 aromatic carbocycles. The van der Waals surface area contributed by atoms with E-state index < -0.39 is 22.5 Å². The third-order valence-corrected chi connectivity index (χ3v) is 7.68. The molecule has 172 valence electrons. The molecule has 0 saturated carbocycles. The highest BCUT2D eigenvalue weighted by molar-refractivity contribution is 9.10. The first-order valence-electron chi connectivity index (χ1n) is 9.43. The van der Waals surface area contributed by atoms with E-state index in [2.05, 4.69) is 26.5 Å². The second-order valence-corrected chi connectivity index (χ2v) is 10.9. The van der Waals surface area contributed by atoms with E-state index in [0.717, 1.165) is 14.3 Å². The minimum absolute atomic E-state index is 0.0273. The number of hydrogen-bond donors (Lipinski definition) is 1. The zero-order valence-electron chi connectivity index (χ0n) is 16.9. The molecule has 0 aromatic heterocycles. The van der Waals surface area contributed by atoms with Crippen molar-refractivity contribution in [3.05, 3.63) is 97.4 Å². The van der Waals surface area contributed by atoms with Crippen LogP contribution in [0.4, 0.5) is 0 Å². The maximum atomic E-state index is 13.3. The molecule has 0 bridgehead atoms. The Morgan fingerprint density at radius 3 is 2.27 bits per heavy atom. The van der Waals surface area contributed by atoms with E-state index in [1.54, 1.807) is 24.3 Å². The minimum Gasteiger partial charge on any atom is -0.272 e. The Labute approximate surface area is 215 Å². The first kappa shape index (κ1) is 25.7. The van der Waals surface area contributed by atoms with Gasteiger partial charge in [0.2, 0.25) is 10.0 Å². The van der Waals surface area contributed by atoms with Gasteiger partial charge in [-0.1, -0.05) is 68.9 Å². The van der Waals surface area contributed by atoms with Gasteiger partial charge in [-0.2, -0.15) is 9.41 Å². The van der Waals surface area contributed by atoms with Gasteiger partial charge in [0.05, 0.1) is 17.7 Å². The van der Waals surface area contributed by atoms with Gasteiger partial charge in [0.15, 0.2) is 0 Å². The van der Waals surface area contributed by atoms with Crippen LogP contribution in [0.1, 0.15) is 11.1 Å². The fourth-order valence-corrected chi connectivity index (χ4v) is 5.23. The van der Waals surface area contributed by atoms with E-state index in [1.165, 1.54) is 30.5 Å². The Hall–Kier alpha value is -1.94. The van der Waals surface area contributed by atoms with Crippen molar-refractivity contribution in [3.63, 3.8) is 0 Å². The number of nitrogens with one attached hydrogen (secondary N) is 1. The summed E-state index contributed by atoms with van der Waals surface area (Å²) in [6.07, 6.45) is 1.45. The summed E-state index contributed by atoms with van der Waals surface area (Å²) >= 11 is 21.7. The Balaban J connectivity index is 1.84. The molecule has 11 heteroatoms. The largest absolute Gasteiger partial charge is 0.272 e. The first-order valence-corrected chi connectivity index (χ1v) is 12.8. The minimum atomic E-state index is -4.09. The van der Waals surface area contributed by atoms with Gasteiger partial charge in [-0.15, -0.1) is 0 Å². The number of sulfonamides is 1. The van der Waals surface area contributed by atoms with Crippen LogP contribution in [0, 0.1) is 0 Å². The molecule has 0 aliphatic rings. The molecule has 0 radical (unpaired) electrons. The molecule has 33 heavy (non-hydrogen) atoms. The van der Waals surface area contributed by atoms with Gasteiger partial charge in [-0.3, -0.25) is 4.79 Å². The molecule has 0 unspecified atom stereocenters. The van der Waals surface area contributed by atoms with Crippen molar-refractivity contribution >= 4 is 72.9 Å². The van der Waals surface area contributed by atoms with Crippen LogP contribution < -0.4 is 5.43 Å². The number of nitrogens with zero attached hydrogens (tertiary/aromatic N) is 2. The van der Waals surface area contributed by atoms with Gasteiger partial charge in [0, 0.05) is 31.6 Å². The second-order valence-electron chi connectivity index (χ2n) is 6.78. The van der Waals surface area contributed by atoms with Crippen LogP contribution in [0.2, 0.25) is 15.1 Å². The number of carbonyl (C=O) groups is 1. The predicted octanol–water partition coefficient (Wildman–Crippen LogP) is 5.75. The van der Waals surface area contributed by atoms with Crippen molar-refractivity contribution in [2.45, 2.75) is 11.4 Å². The van der Waals surface area contributed by atoms with Crippen LogP contribution >= 0.6 is 50.7 Å². The average Bonchev–Trinajstić information content (AvgIpc) is 2.76. The number of hydrogen-bond acceptors (Lipinski definition) is 4.